The molecular weight excluding hydrogens is 324 g/mol. The van der Waals surface area contributed by atoms with Crippen molar-refractivity contribution in [2.45, 2.75) is 12.1 Å². The highest BCUT2D eigenvalue weighted by atomic mass is 32.1. The Hall–Kier alpha value is -0.430. The summed E-state index contributed by atoms with van der Waals surface area (Å²) < 4.78 is 11.6. The molecule has 0 heterocycles. The number of nitrogens with two attached hydrogens (primary N) is 1. The van der Waals surface area contributed by atoms with E-state index in [1.54, 1.807) is 12.1 Å². The highest BCUT2D eigenvalue weighted by Gasteiger charge is 2.36. The Balaban J connectivity index is 2.98. The average Bonchev–Trinajstić information content (AvgIpc) is 2.21. The lowest BCUT2D eigenvalue weighted by molar-refractivity contribution is 0.335. The summed E-state index contributed by atoms with van der Waals surface area (Å²) in [5.41, 5.74) is 4.99. The summed E-state index contributed by atoms with van der Waals surface area (Å²) >= 11 is 4.85. The minimum atomic E-state index is -4.51. The van der Waals surface area contributed by atoms with Gasteiger partial charge in [-0.05, 0) is 17.7 Å². The van der Waals surface area contributed by atoms with Crippen molar-refractivity contribution < 1.29 is 29.0 Å². The lowest BCUT2D eigenvalue weighted by Gasteiger charge is -2.19. The third-order valence-electron chi connectivity index (χ3n) is 2.51. The van der Waals surface area contributed by atoms with E-state index in [1.807, 2.05) is 0 Å². The van der Waals surface area contributed by atoms with Crippen LogP contribution < -0.4 is 5.73 Å². The summed E-state index contributed by atoms with van der Waals surface area (Å²) in [6, 6.07) is 6.05. The van der Waals surface area contributed by atoms with Gasteiger partial charge in [0.25, 0.3) is 0 Å². The van der Waals surface area contributed by atoms with E-state index in [1.165, 1.54) is 12.1 Å². The van der Waals surface area contributed by atoms with E-state index in [4.69, 9.17) is 32.6 Å². The van der Waals surface area contributed by atoms with Crippen LogP contribution in [0.5, 0.6) is 0 Å². The lowest BCUT2D eigenvalue weighted by atomic mass is 10.1. The molecule has 1 atom stereocenters. The zero-order chi connectivity index (χ0) is 15.6. The summed E-state index contributed by atoms with van der Waals surface area (Å²) in [6.45, 7) is 0. The van der Waals surface area contributed by atoms with Crippen LogP contribution in [-0.4, -0.2) is 35.5 Å². The molecule has 0 aromatic heterocycles. The minimum Gasteiger partial charge on any atom is -0.399 e. The summed E-state index contributed by atoms with van der Waals surface area (Å²) in [4.78, 5) is 45.6. The molecule has 0 saturated heterocycles. The molecule has 10 heteroatoms. The van der Waals surface area contributed by atoms with E-state index in [0.717, 1.165) is 0 Å². The minimum absolute atomic E-state index is 0.0263. The van der Waals surface area contributed by atoms with E-state index in [0.29, 0.717) is 11.3 Å². The van der Waals surface area contributed by atoms with Gasteiger partial charge >= 0.3 is 15.5 Å². The van der Waals surface area contributed by atoms with Crippen LogP contribution in [0.25, 0.3) is 0 Å². The monoisotopic (exact) mass is 340 g/mol. The van der Waals surface area contributed by atoms with Crippen molar-refractivity contribution in [1.29, 1.82) is 0 Å². The van der Waals surface area contributed by atoms with Crippen LogP contribution >= 0.6 is 27.8 Å². The van der Waals surface area contributed by atoms with Gasteiger partial charge in [0.2, 0.25) is 0 Å². The van der Waals surface area contributed by atoms with Crippen LogP contribution in [0.3, 0.4) is 0 Å². The molecule has 112 valence electrons. The molecule has 0 saturated carbocycles. The van der Waals surface area contributed by atoms with E-state index < -0.39 is 27.4 Å². The smallest absolute Gasteiger partial charge is 0.399 e. The highest BCUT2D eigenvalue weighted by Crippen LogP contribution is 2.55. The first-order chi connectivity index (χ1) is 8.99. The number of rotatable bonds is 6. The molecule has 0 amide bonds. The van der Waals surface area contributed by atoms with Gasteiger partial charge in [0.05, 0.1) is 5.66 Å². The van der Waals surface area contributed by atoms with Crippen LogP contribution in [-0.2, 0) is 4.57 Å². The topological polar surface area (TPSA) is 144 Å². The number of benzene rings is 1. The molecular formula is C10H16NO6P2S+. The molecule has 20 heavy (non-hydrogen) atoms. The van der Waals surface area contributed by atoms with Gasteiger partial charge in [0.15, 0.2) is 6.16 Å². The quantitative estimate of drug-likeness (QED) is 0.255. The average molecular weight is 340 g/mol. The van der Waals surface area contributed by atoms with Gasteiger partial charge in [-0.3, -0.25) is 4.57 Å². The fraction of sp³-hybridized carbons (Fsp3) is 0.300. The van der Waals surface area contributed by atoms with E-state index in [9.17, 15) is 14.4 Å². The molecule has 7 N–H and O–H groups in total. The van der Waals surface area contributed by atoms with E-state index in [-0.39, 0.29) is 11.3 Å². The maximum absolute atomic E-state index is 11.6. The third-order valence-corrected chi connectivity index (χ3v) is 5.13. The van der Waals surface area contributed by atoms with E-state index in [2.05, 4.69) is 0 Å². The molecule has 0 spiro atoms. The lowest BCUT2D eigenvalue weighted by Crippen LogP contribution is -2.12. The van der Waals surface area contributed by atoms with Crippen LogP contribution in [0.1, 0.15) is 17.6 Å². The van der Waals surface area contributed by atoms with Gasteiger partial charge in [0.1, 0.15) is 0 Å². The van der Waals surface area contributed by atoms with Crippen LogP contribution in [0.4, 0.5) is 5.69 Å². The van der Waals surface area contributed by atoms with Gasteiger partial charge in [0, 0.05) is 17.0 Å². The second kappa shape index (κ2) is 6.56. The third kappa shape index (κ3) is 5.91. The second-order valence-corrected chi connectivity index (χ2v) is 8.45. The molecule has 0 aliphatic rings. The standard InChI is InChI=1S/C10H15NO6P2S/c11-8-3-1-2-7(4-8)10(19(15,16)17)5-9(20)6-18(12,13)14/h1-4,10,12-14H,5-6,11H2,(H-,15,16,17)/p+1. The maximum Gasteiger partial charge on any atom is 0.408 e. The van der Waals surface area contributed by atoms with Crippen molar-refractivity contribution >= 4 is 38.3 Å². The zero-order valence-electron chi connectivity index (χ0n) is 10.3. The first kappa shape index (κ1) is 17.6. The van der Waals surface area contributed by atoms with Gasteiger partial charge in [-0.1, -0.05) is 24.4 Å². The summed E-state index contributed by atoms with van der Waals surface area (Å²) in [7, 11) is -8.61. The number of nitrogen functional groups attached to an aromatic ring is 1. The zero-order valence-corrected chi connectivity index (χ0v) is 12.9. The Morgan fingerprint density at radius 1 is 1.35 bits per heavy atom. The van der Waals surface area contributed by atoms with Gasteiger partial charge < -0.3 is 15.5 Å². The number of hydrogen-bond donors (Lipinski definition) is 6. The predicted octanol–water partition coefficient (Wildman–Crippen LogP) is 0.987. The Morgan fingerprint density at radius 2 is 1.95 bits per heavy atom. The summed E-state index contributed by atoms with van der Waals surface area (Å²) in [5.74, 6) is 0. The fourth-order valence-corrected chi connectivity index (χ4v) is 4.13. The molecule has 1 aromatic carbocycles. The predicted molar refractivity (Wildman–Crippen MR) is 81.3 cm³/mol. The van der Waals surface area contributed by atoms with Crippen LogP contribution in [0, 0.1) is 0 Å². The van der Waals surface area contributed by atoms with Crippen molar-refractivity contribution in [2.24, 2.45) is 0 Å². The van der Waals surface area contributed by atoms with Crippen LogP contribution in [0.2, 0.25) is 0 Å². The molecule has 1 aromatic rings. The Kier molecular flexibility index (Phi) is 5.78. The number of hydrogen-bond acceptors (Lipinski definition) is 6. The second-order valence-electron chi connectivity index (χ2n) is 4.37. The molecule has 0 aliphatic carbocycles. The van der Waals surface area contributed by atoms with Crippen LogP contribution in [0.15, 0.2) is 24.3 Å². The highest BCUT2D eigenvalue weighted by molar-refractivity contribution is 7.81. The maximum atomic E-state index is 11.6. The molecule has 0 aliphatic heterocycles. The normalized spacial score (nSPS) is 14.1. The van der Waals surface area contributed by atoms with Crippen molar-refractivity contribution in [2.75, 3.05) is 11.9 Å². The molecule has 1 unspecified atom stereocenters. The number of anilines is 1. The van der Waals surface area contributed by atoms with Crippen molar-refractivity contribution in [1.82, 2.24) is 0 Å². The largest absolute Gasteiger partial charge is 0.408 e. The Bertz CT molecular complexity index is 541. The van der Waals surface area contributed by atoms with Gasteiger partial charge in [-0.2, -0.15) is 14.7 Å². The summed E-state index contributed by atoms with van der Waals surface area (Å²) in [5, 5.41) is 0. The molecule has 7 nitrogen and oxygen atoms in total. The fourth-order valence-electron chi connectivity index (χ4n) is 1.71. The SMILES string of the molecule is Nc1cccc(C(CC(=S)C[P+](O)(O)O)P(=O)(O)O)c1. The Labute approximate surface area is 121 Å². The van der Waals surface area contributed by atoms with Crippen molar-refractivity contribution in [3.8, 4) is 0 Å². The Morgan fingerprint density at radius 3 is 2.40 bits per heavy atom. The molecule has 0 bridgehead atoms. The molecule has 0 radical (unpaired) electrons. The van der Waals surface area contributed by atoms with Gasteiger partial charge in [-0.15, -0.1) is 0 Å². The number of thiocarbonyl (C=S) groups is 1. The summed E-state index contributed by atoms with van der Waals surface area (Å²) in [6.07, 6.45) is -0.826. The molecule has 1 rings (SSSR count). The molecule has 0 fully saturated rings. The first-order valence-corrected chi connectivity index (χ1v) is 9.40. The van der Waals surface area contributed by atoms with Gasteiger partial charge in [-0.25, -0.2) is 0 Å². The first-order valence-electron chi connectivity index (χ1n) is 5.48. The van der Waals surface area contributed by atoms with E-state index >= 15 is 0 Å². The van der Waals surface area contributed by atoms with Crippen molar-refractivity contribution in [3.63, 3.8) is 0 Å². The van der Waals surface area contributed by atoms with Crippen molar-refractivity contribution in [3.05, 3.63) is 29.8 Å².